The van der Waals surface area contributed by atoms with Crippen molar-refractivity contribution in [2.24, 2.45) is 0 Å². The number of aromatic nitrogens is 2. The van der Waals surface area contributed by atoms with Crippen LogP contribution in [0.1, 0.15) is 24.4 Å². The SMILES string of the molecule is O=C(Cc1ccoc1)N1CCC[C@@H](n2ncc(N3CCOCC3)cc2=O)C1. The number of nitrogens with zero attached hydrogens (tertiary/aromatic N) is 4. The summed E-state index contributed by atoms with van der Waals surface area (Å²) in [5, 5.41) is 4.42. The number of carbonyl (C=O) groups is 1. The van der Waals surface area contributed by atoms with Crippen LogP contribution in [-0.2, 0) is 16.0 Å². The highest BCUT2D eigenvalue weighted by Crippen LogP contribution is 2.21. The molecular weight excluding hydrogens is 348 g/mol. The van der Waals surface area contributed by atoms with Gasteiger partial charge in [-0.25, -0.2) is 4.68 Å². The van der Waals surface area contributed by atoms with Gasteiger partial charge in [0.1, 0.15) is 0 Å². The Bertz CT molecular complexity index is 826. The number of carbonyl (C=O) groups excluding carboxylic acids is 1. The summed E-state index contributed by atoms with van der Waals surface area (Å²) in [5.41, 5.74) is 1.59. The standard InChI is InChI=1S/C19H24N4O4/c24-18(10-15-3-7-27-14-15)22-4-1-2-16(13-22)23-19(25)11-17(12-20-23)21-5-8-26-9-6-21/h3,7,11-12,14,16H,1-2,4-6,8-10,13H2/t16-/m1/s1. The van der Waals surface area contributed by atoms with E-state index < -0.39 is 0 Å². The third kappa shape index (κ3) is 4.05. The fourth-order valence-electron chi connectivity index (χ4n) is 3.74. The Hall–Kier alpha value is -2.61. The number of rotatable bonds is 4. The van der Waals surface area contributed by atoms with E-state index in [1.54, 1.807) is 30.9 Å². The molecule has 2 aromatic heterocycles. The molecule has 1 atom stereocenters. The van der Waals surface area contributed by atoms with Crippen LogP contribution < -0.4 is 10.5 Å². The lowest BCUT2D eigenvalue weighted by Crippen LogP contribution is -2.44. The zero-order chi connectivity index (χ0) is 18.6. The van der Waals surface area contributed by atoms with Crippen LogP contribution in [0.3, 0.4) is 0 Å². The molecule has 144 valence electrons. The molecule has 8 heteroatoms. The minimum absolute atomic E-state index is 0.0547. The second-order valence-corrected chi connectivity index (χ2v) is 7.04. The zero-order valence-corrected chi connectivity index (χ0v) is 15.2. The van der Waals surface area contributed by atoms with Gasteiger partial charge >= 0.3 is 0 Å². The number of morpholine rings is 1. The van der Waals surface area contributed by atoms with Crippen molar-refractivity contribution in [1.82, 2.24) is 14.7 Å². The molecule has 4 heterocycles. The van der Waals surface area contributed by atoms with Gasteiger partial charge in [0.05, 0.1) is 50.1 Å². The van der Waals surface area contributed by atoms with Crippen LogP contribution in [0.25, 0.3) is 0 Å². The molecule has 0 N–H and O–H groups in total. The second kappa shape index (κ2) is 7.96. The molecule has 0 aromatic carbocycles. The Balaban J connectivity index is 1.44. The molecular formula is C19H24N4O4. The van der Waals surface area contributed by atoms with Crippen molar-refractivity contribution in [2.45, 2.75) is 25.3 Å². The number of hydrogen-bond acceptors (Lipinski definition) is 6. The van der Waals surface area contributed by atoms with Gasteiger partial charge in [-0.05, 0) is 24.5 Å². The summed E-state index contributed by atoms with van der Waals surface area (Å²) in [6.45, 7) is 4.10. The maximum Gasteiger partial charge on any atom is 0.269 e. The van der Waals surface area contributed by atoms with E-state index in [1.165, 1.54) is 4.68 Å². The van der Waals surface area contributed by atoms with Gasteiger partial charge in [-0.3, -0.25) is 9.59 Å². The monoisotopic (exact) mass is 372 g/mol. The van der Waals surface area contributed by atoms with Crippen LogP contribution in [0.5, 0.6) is 0 Å². The van der Waals surface area contributed by atoms with E-state index >= 15 is 0 Å². The number of furan rings is 1. The maximum atomic E-state index is 12.6. The molecule has 0 aliphatic carbocycles. The molecule has 2 saturated heterocycles. The van der Waals surface area contributed by atoms with E-state index in [9.17, 15) is 9.59 Å². The number of anilines is 1. The van der Waals surface area contributed by atoms with Gasteiger partial charge in [-0.1, -0.05) is 0 Å². The highest BCUT2D eigenvalue weighted by Gasteiger charge is 2.26. The summed E-state index contributed by atoms with van der Waals surface area (Å²) >= 11 is 0. The topological polar surface area (TPSA) is 80.8 Å². The maximum absolute atomic E-state index is 12.6. The number of likely N-dealkylation sites (tertiary alicyclic amines) is 1. The third-order valence-electron chi connectivity index (χ3n) is 5.22. The Labute approximate surface area is 157 Å². The largest absolute Gasteiger partial charge is 0.472 e. The third-order valence-corrected chi connectivity index (χ3v) is 5.22. The van der Waals surface area contributed by atoms with E-state index in [0.717, 1.165) is 37.2 Å². The van der Waals surface area contributed by atoms with Crippen molar-refractivity contribution in [3.8, 4) is 0 Å². The average molecular weight is 372 g/mol. The first kappa shape index (κ1) is 17.8. The first-order chi connectivity index (χ1) is 13.2. The predicted molar refractivity (Wildman–Crippen MR) is 98.8 cm³/mol. The first-order valence-corrected chi connectivity index (χ1v) is 9.41. The molecule has 1 amide bonds. The van der Waals surface area contributed by atoms with Crippen LogP contribution in [-0.4, -0.2) is 60.0 Å². The van der Waals surface area contributed by atoms with E-state index in [0.29, 0.717) is 32.7 Å². The Morgan fingerprint density at radius 3 is 2.85 bits per heavy atom. The van der Waals surface area contributed by atoms with Crippen molar-refractivity contribution < 1.29 is 13.9 Å². The van der Waals surface area contributed by atoms with Crippen molar-refractivity contribution in [1.29, 1.82) is 0 Å². The summed E-state index contributed by atoms with van der Waals surface area (Å²) in [4.78, 5) is 29.1. The van der Waals surface area contributed by atoms with E-state index in [4.69, 9.17) is 9.15 Å². The molecule has 4 rings (SSSR count). The van der Waals surface area contributed by atoms with Crippen LogP contribution in [0.15, 0.2) is 40.1 Å². The molecule has 2 aromatic rings. The Morgan fingerprint density at radius 2 is 2.11 bits per heavy atom. The van der Waals surface area contributed by atoms with E-state index in [1.807, 2.05) is 4.90 Å². The number of amides is 1. The lowest BCUT2D eigenvalue weighted by Gasteiger charge is -2.33. The van der Waals surface area contributed by atoms with E-state index in [-0.39, 0.29) is 17.5 Å². The minimum atomic E-state index is -0.117. The summed E-state index contributed by atoms with van der Waals surface area (Å²) in [6, 6.07) is 3.36. The minimum Gasteiger partial charge on any atom is -0.472 e. The molecule has 2 aliphatic heterocycles. The van der Waals surface area contributed by atoms with Gasteiger partial charge in [0, 0.05) is 32.2 Å². The quantitative estimate of drug-likeness (QED) is 0.799. The molecule has 0 spiro atoms. The highest BCUT2D eigenvalue weighted by atomic mass is 16.5. The molecule has 0 bridgehead atoms. The fraction of sp³-hybridized carbons (Fsp3) is 0.526. The number of hydrogen-bond donors (Lipinski definition) is 0. The summed E-state index contributed by atoms with van der Waals surface area (Å²) in [5.74, 6) is 0.0547. The first-order valence-electron chi connectivity index (χ1n) is 9.41. The molecule has 2 fully saturated rings. The summed E-state index contributed by atoms with van der Waals surface area (Å²) < 4.78 is 11.9. The smallest absolute Gasteiger partial charge is 0.269 e. The van der Waals surface area contributed by atoms with Gasteiger partial charge in [0.25, 0.3) is 5.56 Å². The van der Waals surface area contributed by atoms with Gasteiger partial charge in [-0.2, -0.15) is 5.10 Å². The lowest BCUT2D eigenvalue weighted by atomic mass is 10.0. The lowest BCUT2D eigenvalue weighted by molar-refractivity contribution is -0.132. The average Bonchev–Trinajstić information content (AvgIpc) is 3.22. The second-order valence-electron chi connectivity index (χ2n) is 7.04. The normalized spacial score (nSPS) is 20.7. The van der Waals surface area contributed by atoms with Gasteiger partial charge < -0.3 is 19.0 Å². The molecule has 8 nitrogen and oxygen atoms in total. The number of ether oxygens (including phenoxy) is 1. The van der Waals surface area contributed by atoms with Gasteiger partial charge in [0.15, 0.2) is 0 Å². The van der Waals surface area contributed by atoms with Gasteiger partial charge in [-0.15, -0.1) is 0 Å². The van der Waals surface area contributed by atoms with Crippen LogP contribution in [0.2, 0.25) is 0 Å². The van der Waals surface area contributed by atoms with Crippen molar-refractivity contribution in [2.75, 3.05) is 44.3 Å². The zero-order valence-electron chi connectivity index (χ0n) is 15.2. The van der Waals surface area contributed by atoms with Crippen LogP contribution >= 0.6 is 0 Å². The van der Waals surface area contributed by atoms with Crippen LogP contribution in [0.4, 0.5) is 5.69 Å². The Morgan fingerprint density at radius 1 is 1.26 bits per heavy atom. The Kier molecular flexibility index (Phi) is 5.24. The summed E-state index contributed by atoms with van der Waals surface area (Å²) in [6.07, 6.45) is 6.94. The molecule has 0 saturated carbocycles. The summed E-state index contributed by atoms with van der Waals surface area (Å²) in [7, 11) is 0. The van der Waals surface area contributed by atoms with Crippen molar-refractivity contribution in [3.05, 3.63) is 46.8 Å². The molecule has 2 aliphatic rings. The number of piperidine rings is 1. The van der Waals surface area contributed by atoms with E-state index in [2.05, 4.69) is 10.00 Å². The van der Waals surface area contributed by atoms with Crippen molar-refractivity contribution in [3.63, 3.8) is 0 Å². The molecule has 0 unspecified atom stereocenters. The molecule has 0 radical (unpaired) electrons. The van der Waals surface area contributed by atoms with Gasteiger partial charge in [0.2, 0.25) is 5.91 Å². The predicted octanol–water partition coefficient (Wildman–Crippen LogP) is 1.08. The van der Waals surface area contributed by atoms with Crippen LogP contribution in [0, 0.1) is 0 Å². The highest BCUT2D eigenvalue weighted by molar-refractivity contribution is 5.78. The molecule has 27 heavy (non-hydrogen) atoms. The van der Waals surface area contributed by atoms with Crippen molar-refractivity contribution >= 4 is 11.6 Å². The fourth-order valence-corrected chi connectivity index (χ4v) is 3.74.